The molecule has 0 saturated carbocycles. The molecule has 2 N–H and O–H groups in total. The van der Waals surface area contributed by atoms with Crippen molar-refractivity contribution in [3.05, 3.63) is 58.4 Å². The highest BCUT2D eigenvalue weighted by Crippen LogP contribution is 2.27. The highest BCUT2D eigenvalue weighted by atomic mass is 32.1. The van der Waals surface area contributed by atoms with Crippen molar-refractivity contribution in [2.75, 3.05) is 6.54 Å². The van der Waals surface area contributed by atoms with Gasteiger partial charge >= 0.3 is 6.18 Å². The van der Waals surface area contributed by atoms with Crippen molar-refractivity contribution in [1.82, 2.24) is 29.9 Å². The zero-order chi connectivity index (χ0) is 20.3. The largest absolute Gasteiger partial charge is 0.435 e. The lowest BCUT2D eigenvalue weighted by atomic mass is 10.2. The van der Waals surface area contributed by atoms with E-state index in [0.717, 1.165) is 16.6 Å². The predicted octanol–water partition coefficient (Wildman–Crippen LogP) is 3.14. The Kier molecular flexibility index (Phi) is 5.63. The number of carbonyl (C=O) groups excluding carboxylic acids is 1. The Morgan fingerprint density at radius 2 is 1.96 bits per heavy atom. The van der Waals surface area contributed by atoms with Crippen LogP contribution in [0.1, 0.15) is 28.8 Å². The molecule has 0 aliphatic carbocycles. The topological polar surface area (TPSA) is 80.5 Å². The van der Waals surface area contributed by atoms with E-state index in [9.17, 15) is 18.0 Å². The zero-order valence-corrected chi connectivity index (χ0v) is 15.6. The number of amides is 1. The molecule has 2 heterocycles. The monoisotopic (exact) mass is 410 g/mol. The SMILES string of the molecule is CCn1c(CCNC(=O)c2ccc(-n3ccc(C(F)(F)F)n3)cc2)n[nH]c1=S. The van der Waals surface area contributed by atoms with Crippen LogP contribution in [0.4, 0.5) is 13.2 Å². The van der Waals surface area contributed by atoms with Crippen molar-refractivity contribution < 1.29 is 18.0 Å². The number of carbonyl (C=O) groups is 1. The average Bonchev–Trinajstić information content (AvgIpc) is 3.29. The maximum Gasteiger partial charge on any atom is 0.435 e. The summed E-state index contributed by atoms with van der Waals surface area (Å²) in [5.41, 5.74) is -0.161. The first kappa shape index (κ1) is 19.8. The van der Waals surface area contributed by atoms with E-state index in [2.05, 4.69) is 20.6 Å². The lowest BCUT2D eigenvalue weighted by Gasteiger charge is -2.07. The fraction of sp³-hybridized carbons (Fsp3) is 0.294. The van der Waals surface area contributed by atoms with Gasteiger partial charge in [0.25, 0.3) is 5.91 Å². The molecule has 28 heavy (non-hydrogen) atoms. The minimum absolute atomic E-state index is 0.292. The number of aromatic nitrogens is 5. The highest BCUT2D eigenvalue weighted by Gasteiger charge is 2.33. The third kappa shape index (κ3) is 4.30. The fourth-order valence-corrected chi connectivity index (χ4v) is 2.92. The van der Waals surface area contributed by atoms with E-state index in [-0.39, 0.29) is 5.91 Å². The third-order valence-electron chi connectivity index (χ3n) is 4.06. The maximum atomic E-state index is 12.6. The second-order valence-electron chi connectivity index (χ2n) is 5.89. The van der Waals surface area contributed by atoms with Gasteiger partial charge in [0, 0.05) is 31.3 Å². The fourth-order valence-electron chi connectivity index (χ4n) is 2.64. The van der Waals surface area contributed by atoms with Crippen molar-refractivity contribution in [3.8, 4) is 5.69 Å². The van der Waals surface area contributed by atoms with E-state index in [1.807, 2.05) is 11.5 Å². The van der Waals surface area contributed by atoms with E-state index in [4.69, 9.17) is 12.2 Å². The Labute approximate surface area is 163 Å². The second kappa shape index (κ2) is 7.97. The van der Waals surface area contributed by atoms with E-state index in [0.29, 0.717) is 35.5 Å². The number of benzene rings is 1. The van der Waals surface area contributed by atoms with Gasteiger partial charge in [0.05, 0.1) is 5.69 Å². The minimum Gasteiger partial charge on any atom is -0.352 e. The van der Waals surface area contributed by atoms with Crippen molar-refractivity contribution in [2.45, 2.75) is 26.1 Å². The Morgan fingerprint density at radius 1 is 1.25 bits per heavy atom. The van der Waals surface area contributed by atoms with Crippen LogP contribution >= 0.6 is 12.2 Å². The molecule has 1 aromatic carbocycles. The number of halogens is 3. The summed E-state index contributed by atoms with van der Waals surface area (Å²) in [7, 11) is 0. The van der Waals surface area contributed by atoms with Crippen LogP contribution in [0, 0.1) is 4.77 Å². The number of nitrogens with one attached hydrogen (secondary N) is 2. The molecule has 3 aromatic rings. The van der Waals surface area contributed by atoms with Gasteiger partial charge < -0.3 is 9.88 Å². The Morgan fingerprint density at radius 3 is 2.57 bits per heavy atom. The van der Waals surface area contributed by atoms with Crippen molar-refractivity contribution in [3.63, 3.8) is 0 Å². The van der Waals surface area contributed by atoms with Crippen LogP contribution in [-0.2, 0) is 19.1 Å². The van der Waals surface area contributed by atoms with Crippen LogP contribution in [0.2, 0.25) is 0 Å². The van der Waals surface area contributed by atoms with E-state index in [1.54, 1.807) is 0 Å². The van der Waals surface area contributed by atoms with Gasteiger partial charge in [-0.15, -0.1) is 0 Å². The molecule has 0 atom stereocenters. The molecule has 3 rings (SSSR count). The molecule has 0 radical (unpaired) electrons. The number of alkyl halides is 3. The van der Waals surface area contributed by atoms with E-state index < -0.39 is 11.9 Å². The van der Waals surface area contributed by atoms with Gasteiger partial charge in [-0.05, 0) is 49.5 Å². The number of rotatable bonds is 6. The van der Waals surface area contributed by atoms with Gasteiger partial charge in [-0.2, -0.15) is 23.4 Å². The zero-order valence-electron chi connectivity index (χ0n) is 14.8. The lowest BCUT2D eigenvalue weighted by molar-refractivity contribution is -0.141. The first-order chi connectivity index (χ1) is 13.3. The molecule has 0 bridgehead atoms. The van der Waals surface area contributed by atoms with Crippen LogP contribution in [0.3, 0.4) is 0 Å². The molecule has 0 fully saturated rings. The van der Waals surface area contributed by atoms with Crippen LogP contribution in [0.15, 0.2) is 36.5 Å². The molecule has 7 nitrogen and oxygen atoms in total. The van der Waals surface area contributed by atoms with Crippen molar-refractivity contribution in [2.24, 2.45) is 0 Å². The molecular weight excluding hydrogens is 393 g/mol. The summed E-state index contributed by atoms with van der Waals surface area (Å²) < 4.78 is 41.4. The average molecular weight is 410 g/mol. The summed E-state index contributed by atoms with van der Waals surface area (Å²) in [6.07, 6.45) is -2.77. The summed E-state index contributed by atoms with van der Waals surface area (Å²) >= 11 is 5.11. The molecule has 11 heteroatoms. The van der Waals surface area contributed by atoms with Crippen LogP contribution in [0.5, 0.6) is 0 Å². The summed E-state index contributed by atoms with van der Waals surface area (Å²) in [5.74, 6) is 0.461. The highest BCUT2D eigenvalue weighted by molar-refractivity contribution is 7.71. The Balaban J connectivity index is 1.60. The normalized spacial score (nSPS) is 11.6. The van der Waals surface area contributed by atoms with Gasteiger partial charge in [0.2, 0.25) is 0 Å². The standard InChI is InChI=1S/C17H17F3N6OS/c1-2-25-14(22-23-16(25)28)7-9-21-15(27)11-3-5-12(6-4-11)26-10-8-13(24-26)17(18,19)20/h3-6,8,10H,2,7,9H2,1H3,(H,21,27)(H,23,28). The molecule has 148 valence electrons. The summed E-state index contributed by atoms with van der Waals surface area (Å²) in [4.78, 5) is 12.2. The quantitative estimate of drug-likeness (QED) is 0.612. The molecule has 0 spiro atoms. The second-order valence-corrected chi connectivity index (χ2v) is 6.27. The number of H-pyrrole nitrogens is 1. The van der Waals surface area contributed by atoms with Gasteiger partial charge in [0.15, 0.2) is 10.5 Å². The molecule has 0 aliphatic heterocycles. The minimum atomic E-state index is -4.50. The van der Waals surface area contributed by atoms with Gasteiger partial charge in [-0.25, -0.2) is 4.68 Å². The Bertz CT molecular complexity index is 1020. The maximum absolute atomic E-state index is 12.6. The van der Waals surface area contributed by atoms with Crippen molar-refractivity contribution >= 4 is 18.1 Å². The Hall–Kier alpha value is -2.95. The predicted molar refractivity (Wildman–Crippen MR) is 97.7 cm³/mol. The van der Waals surface area contributed by atoms with Gasteiger partial charge in [0.1, 0.15) is 5.82 Å². The molecule has 0 saturated heterocycles. The molecule has 0 aliphatic rings. The molecule has 2 aromatic heterocycles. The third-order valence-corrected chi connectivity index (χ3v) is 4.37. The van der Waals surface area contributed by atoms with Gasteiger partial charge in [-0.3, -0.25) is 9.89 Å². The smallest absolute Gasteiger partial charge is 0.352 e. The summed E-state index contributed by atoms with van der Waals surface area (Å²) in [6, 6.07) is 7.02. The molecule has 0 unspecified atom stereocenters. The first-order valence-electron chi connectivity index (χ1n) is 8.45. The van der Waals surface area contributed by atoms with E-state index in [1.165, 1.54) is 30.5 Å². The number of nitrogens with zero attached hydrogens (tertiary/aromatic N) is 4. The first-order valence-corrected chi connectivity index (χ1v) is 8.86. The molecule has 1 amide bonds. The van der Waals surface area contributed by atoms with E-state index >= 15 is 0 Å². The number of hydrogen-bond acceptors (Lipinski definition) is 4. The van der Waals surface area contributed by atoms with Crippen molar-refractivity contribution in [1.29, 1.82) is 0 Å². The van der Waals surface area contributed by atoms with Gasteiger partial charge in [-0.1, -0.05) is 0 Å². The van der Waals surface area contributed by atoms with Crippen LogP contribution in [0.25, 0.3) is 5.69 Å². The van der Waals surface area contributed by atoms with Crippen LogP contribution in [-0.4, -0.2) is 37.0 Å². The number of aromatic amines is 1. The summed E-state index contributed by atoms with van der Waals surface area (Å²) in [5, 5.41) is 13.1. The van der Waals surface area contributed by atoms with Crippen LogP contribution < -0.4 is 5.32 Å². The molecular formula is C17H17F3N6OS. The lowest BCUT2D eigenvalue weighted by Crippen LogP contribution is -2.26. The number of hydrogen-bond donors (Lipinski definition) is 2. The summed E-state index contributed by atoms with van der Waals surface area (Å²) in [6.45, 7) is 3.00.